The van der Waals surface area contributed by atoms with Crippen molar-refractivity contribution in [3.05, 3.63) is 61.6 Å². The van der Waals surface area contributed by atoms with Gasteiger partial charge >= 0.3 is 5.69 Å². The number of sulfonamides is 1. The highest BCUT2D eigenvalue weighted by atomic mass is 35.5. The van der Waals surface area contributed by atoms with Crippen molar-refractivity contribution in [1.82, 2.24) is 4.31 Å². The van der Waals surface area contributed by atoms with Crippen LogP contribution in [0.2, 0.25) is 5.02 Å². The second-order valence-corrected chi connectivity index (χ2v) is 7.80. The highest BCUT2D eigenvalue weighted by Gasteiger charge is 2.27. The van der Waals surface area contributed by atoms with Crippen LogP contribution in [0.1, 0.15) is 13.8 Å². The molecule has 0 fully saturated rings. The van der Waals surface area contributed by atoms with Gasteiger partial charge in [0.2, 0.25) is 15.8 Å². The summed E-state index contributed by atoms with van der Waals surface area (Å²) in [6, 6.07) is 6.61. The zero-order chi connectivity index (χ0) is 21.1. The van der Waals surface area contributed by atoms with Crippen molar-refractivity contribution in [2.45, 2.75) is 18.7 Å². The van der Waals surface area contributed by atoms with Crippen LogP contribution in [0.25, 0.3) is 0 Å². The first-order chi connectivity index (χ1) is 13.1. The van der Waals surface area contributed by atoms with Gasteiger partial charge in [-0.05, 0) is 18.2 Å². The molecule has 0 aliphatic heterocycles. The number of halogens is 1. The van der Waals surface area contributed by atoms with Crippen LogP contribution in [0, 0.1) is 20.2 Å². The molecule has 0 unspecified atom stereocenters. The molecule has 0 heterocycles. The number of nitro benzene ring substituents is 2. The summed E-state index contributed by atoms with van der Waals surface area (Å²) < 4.78 is 31.7. The van der Waals surface area contributed by atoms with Gasteiger partial charge in [-0.2, -0.15) is 4.31 Å². The molecule has 0 aromatic heterocycles. The maximum atomic E-state index is 12.6. The Labute approximate surface area is 165 Å². The lowest BCUT2D eigenvalue weighted by molar-refractivity contribution is -0.385. The Bertz CT molecular complexity index is 1020. The standard InChI is InChI=1S/C16H16ClN3O7S/c1-3-18(4-2)28(25,26)12-6-8-16(14(10-12)20(23)24)27-15-7-5-11(19(21)22)9-13(15)17/h5-10H,3-4H2,1-2H3. The van der Waals surface area contributed by atoms with Gasteiger partial charge < -0.3 is 4.74 Å². The van der Waals surface area contributed by atoms with Crippen molar-refractivity contribution in [1.29, 1.82) is 0 Å². The van der Waals surface area contributed by atoms with E-state index < -0.39 is 25.6 Å². The van der Waals surface area contributed by atoms with E-state index in [0.717, 1.165) is 24.3 Å². The predicted molar refractivity (Wildman–Crippen MR) is 101 cm³/mol. The lowest BCUT2D eigenvalue weighted by atomic mass is 10.3. The molecule has 0 spiro atoms. The summed E-state index contributed by atoms with van der Waals surface area (Å²) in [6.45, 7) is 3.74. The third-order valence-corrected chi connectivity index (χ3v) is 6.16. The summed E-state index contributed by atoms with van der Waals surface area (Å²) in [5.41, 5.74) is -0.852. The highest BCUT2D eigenvalue weighted by Crippen LogP contribution is 2.37. The zero-order valence-electron chi connectivity index (χ0n) is 14.9. The van der Waals surface area contributed by atoms with Crippen LogP contribution in [-0.4, -0.2) is 35.7 Å². The summed E-state index contributed by atoms with van der Waals surface area (Å²) in [5.74, 6) is -0.297. The number of hydrogen-bond acceptors (Lipinski definition) is 7. The number of rotatable bonds is 8. The van der Waals surface area contributed by atoms with E-state index in [-0.39, 0.29) is 40.2 Å². The van der Waals surface area contributed by atoms with Gasteiger partial charge in [0, 0.05) is 31.3 Å². The quantitative estimate of drug-likeness (QED) is 0.457. The molecule has 2 aromatic rings. The Balaban J connectivity index is 2.47. The monoisotopic (exact) mass is 429 g/mol. The Morgan fingerprint density at radius 2 is 1.61 bits per heavy atom. The number of non-ortho nitro benzene ring substituents is 1. The largest absolute Gasteiger partial charge is 0.449 e. The Morgan fingerprint density at radius 1 is 1.00 bits per heavy atom. The average Bonchev–Trinajstić information content (AvgIpc) is 2.63. The maximum Gasteiger partial charge on any atom is 0.312 e. The summed E-state index contributed by atoms with van der Waals surface area (Å²) in [7, 11) is -3.90. The molecule has 12 heteroatoms. The molecular weight excluding hydrogens is 414 g/mol. The van der Waals surface area contributed by atoms with Crippen molar-refractivity contribution >= 4 is 33.0 Å². The summed E-state index contributed by atoms with van der Waals surface area (Å²) in [5, 5.41) is 22.1. The Morgan fingerprint density at radius 3 is 2.11 bits per heavy atom. The molecule has 0 saturated heterocycles. The molecule has 150 valence electrons. The molecule has 2 rings (SSSR count). The molecular formula is C16H16ClN3O7S. The first-order valence-electron chi connectivity index (χ1n) is 8.02. The maximum absolute atomic E-state index is 12.6. The fraction of sp³-hybridized carbons (Fsp3) is 0.250. The number of benzene rings is 2. The SMILES string of the molecule is CCN(CC)S(=O)(=O)c1ccc(Oc2ccc([N+](=O)[O-])cc2Cl)c([N+](=O)[O-])c1. The number of nitro groups is 2. The van der Waals surface area contributed by atoms with Crippen LogP contribution in [-0.2, 0) is 10.0 Å². The molecule has 0 radical (unpaired) electrons. The molecule has 10 nitrogen and oxygen atoms in total. The van der Waals surface area contributed by atoms with Crippen LogP contribution < -0.4 is 4.74 Å². The number of hydrogen-bond donors (Lipinski definition) is 0. The van der Waals surface area contributed by atoms with Gasteiger partial charge in [-0.1, -0.05) is 25.4 Å². The number of ether oxygens (including phenoxy) is 1. The second kappa shape index (κ2) is 8.50. The van der Waals surface area contributed by atoms with E-state index in [1.165, 1.54) is 16.4 Å². The van der Waals surface area contributed by atoms with Crippen molar-refractivity contribution < 1.29 is 23.0 Å². The topological polar surface area (TPSA) is 133 Å². The summed E-state index contributed by atoms with van der Waals surface area (Å²) in [6.07, 6.45) is 0. The van der Waals surface area contributed by atoms with Gasteiger partial charge in [0.05, 0.1) is 19.8 Å². The second-order valence-electron chi connectivity index (χ2n) is 5.45. The normalized spacial score (nSPS) is 11.4. The first-order valence-corrected chi connectivity index (χ1v) is 9.84. The van der Waals surface area contributed by atoms with Crippen LogP contribution >= 0.6 is 11.6 Å². The Kier molecular flexibility index (Phi) is 6.54. The minimum atomic E-state index is -3.90. The van der Waals surface area contributed by atoms with E-state index in [4.69, 9.17) is 16.3 Å². The van der Waals surface area contributed by atoms with E-state index >= 15 is 0 Å². The molecule has 0 amide bonds. The number of nitrogens with zero attached hydrogens (tertiary/aromatic N) is 3. The fourth-order valence-corrected chi connectivity index (χ4v) is 4.10. The third kappa shape index (κ3) is 4.38. The van der Waals surface area contributed by atoms with E-state index in [1.54, 1.807) is 13.8 Å². The van der Waals surface area contributed by atoms with Crippen LogP contribution in [0.5, 0.6) is 11.5 Å². The van der Waals surface area contributed by atoms with E-state index in [1.807, 2.05) is 0 Å². The van der Waals surface area contributed by atoms with Crippen molar-refractivity contribution in [3.63, 3.8) is 0 Å². The van der Waals surface area contributed by atoms with Crippen molar-refractivity contribution in [3.8, 4) is 11.5 Å². The third-order valence-electron chi connectivity index (χ3n) is 3.82. The minimum absolute atomic E-state index is 0.0466. The zero-order valence-corrected chi connectivity index (χ0v) is 16.4. The van der Waals surface area contributed by atoms with Gasteiger partial charge in [0.1, 0.15) is 5.75 Å². The molecule has 0 aliphatic carbocycles. The average molecular weight is 430 g/mol. The fourth-order valence-electron chi connectivity index (χ4n) is 2.40. The minimum Gasteiger partial charge on any atom is -0.449 e. The molecule has 28 heavy (non-hydrogen) atoms. The molecule has 2 aromatic carbocycles. The first kappa shape index (κ1) is 21.5. The Hall–Kier alpha value is -2.76. The van der Waals surface area contributed by atoms with Crippen LogP contribution in [0.4, 0.5) is 11.4 Å². The van der Waals surface area contributed by atoms with Crippen molar-refractivity contribution in [2.75, 3.05) is 13.1 Å². The van der Waals surface area contributed by atoms with E-state index in [2.05, 4.69) is 0 Å². The van der Waals surface area contributed by atoms with E-state index in [9.17, 15) is 28.6 Å². The van der Waals surface area contributed by atoms with Crippen molar-refractivity contribution in [2.24, 2.45) is 0 Å². The molecule has 0 N–H and O–H groups in total. The lowest BCUT2D eigenvalue weighted by Gasteiger charge is -2.18. The van der Waals surface area contributed by atoms with Gasteiger partial charge in [-0.3, -0.25) is 20.2 Å². The molecule has 0 aliphatic rings. The van der Waals surface area contributed by atoms with Crippen LogP contribution in [0.15, 0.2) is 41.3 Å². The van der Waals surface area contributed by atoms with E-state index in [0.29, 0.717) is 0 Å². The molecule has 0 saturated carbocycles. The van der Waals surface area contributed by atoms with Gasteiger partial charge in [0.15, 0.2) is 0 Å². The smallest absolute Gasteiger partial charge is 0.312 e. The van der Waals surface area contributed by atoms with Gasteiger partial charge in [-0.25, -0.2) is 8.42 Å². The lowest BCUT2D eigenvalue weighted by Crippen LogP contribution is -2.30. The summed E-state index contributed by atoms with van der Waals surface area (Å²) >= 11 is 5.94. The molecule has 0 bridgehead atoms. The van der Waals surface area contributed by atoms with Crippen LogP contribution in [0.3, 0.4) is 0 Å². The van der Waals surface area contributed by atoms with Gasteiger partial charge in [0.25, 0.3) is 5.69 Å². The summed E-state index contributed by atoms with van der Waals surface area (Å²) in [4.78, 5) is 20.5. The highest BCUT2D eigenvalue weighted by molar-refractivity contribution is 7.89. The predicted octanol–water partition coefficient (Wildman–Crippen LogP) is 3.98. The van der Waals surface area contributed by atoms with Gasteiger partial charge in [-0.15, -0.1) is 0 Å². The molecule has 0 atom stereocenters.